The number of hydrogen-bond acceptors (Lipinski definition) is 5. The van der Waals surface area contributed by atoms with Gasteiger partial charge in [-0.2, -0.15) is 0 Å². The summed E-state index contributed by atoms with van der Waals surface area (Å²) < 4.78 is 8.44. The van der Waals surface area contributed by atoms with E-state index in [1.807, 2.05) is 41.0 Å². The first-order valence-corrected chi connectivity index (χ1v) is 13.5. The number of carbonyl (C=O) groups excluding carboxylic acids is 2. The van der Waals surface area contributed by atoms with Crippen LogP contribution in [0.1, 0.15) is 57.7 Å². The highest BCUT2D eigenvalue weighted by molar-refractivity contribution is 6.30. The number of ether oxygens (including phenoxy) is 1. The van der Waals surface area contributed by atoms with Gasteiger partial charge in [0.1, 0.15) is 0 Å². The van der Waals surface area contributed by atoms with E-state index >= 15 is 0 Å². The summed E-state index contributed by atoms with van der Waals surface area (Å²) in [6.45, 7) is 2.84. The van der Waals surface area contributed by atoms with Crippen molar-refractivity contribution in [1.29, 1.82) is 0 Å². The first kappa shape index (κ1) is 26.7. The molecular weight excluding hydrogens is 516 g/mol. The molecule has 0 spiro atoms. The Kier molecular flexibility index (Phi) is 7.84. The van der Waals surface area contributed by atoms with Crippen LogP contribution in [0.25, 0.3) is 11.0 Å². The molecule has 1 saturated carbocycles. The average Bonchev–Trinajstić information content (AvgIpc) is 3.21. The monoisotopic (exact) mass is 546 g/mol. The Labute approximate surface area is 231 Å². The number of amides is 1. The number of nitrogens with zero attached hydrogens (tertiary/aromatic N) is 3. The number of carbonyl (C=O) groups is 2. The lowest BCUT2D eigenvalue weighted by molar-refractivity contribution is 0.0600. The van der Waals surface area contributed by atoms with Crippen LogP contribution in [-0.2, 0) is 17.8 Å². The van der Waals surface area contributed by atoms with Gasteiger partial charge in [-0.25, -0.2) is 9.59 Å². The number of pyridine rings is 1. The van der Waals surface area contributed by atoms with Crippen molar-refractivity contribution >= 4 is 34.5 Å². The van der Waals surface area contributed by atoms with E-state index in [-0.39, 0.29) is 23.6 Å². The first-order valence-electron chi connectivity index (χ1n) is 13.1. The Morgan fingerprint density at radius 2 is 1.69 bits per heavy atom. The molecule has 1 amide bonds. The van der Waals surface area contributed by atoms with E-state index in [1.165, 1.54) is 7.11 Å². The number of esters is 1. The number of halogens is 1. The van der Waals surface area contributed by atoms with Crippen molar-refractivity contribution < 1.29 is 14.3 Å². The standard InChI is InChI=1S/C30H31ClN4O4/c1-19-25(15-23(31)16-32-19)28(36)33-24-13-9-21(10-14-24)18-35-27-6-4-3-5-26(27)34(30(35)38)17-20-7-11-22(12-8-20)29(37)39-2/h3-8,11-12,15-16,21,24H,9-10,13-14,17-18H2,1-2H3,(H,33,36)/t21-,24-. The molecule has 4 aromatic rings. The Balaban J connectivity index is 1.27. The minimum Gasteiger partial charge on any atom is -0.465 e. The molecule has 0 saturated heterocycles. The highest BCUT2D eigenvalue weighted by Gasteiger charge is 2.25. The number of imidazole rings is 1. The topological polar surface area (TPSA) is 95.2 Å². The van der Waals surface area contributed by atoms with E-state index in [0.29, 0.717) is 40.9 Å². The predicted molar refractivity (Wildman–Crippen MR) is 150 cm³/mol. The Bertz CT molecular complexity index is 1570. The molecular formula is C30H31ClN4O4. The molecule has 2 aromatic heterocycles. The number of methoxy groups -OCH3 is 1. The van der Waals surface area contributed by atoms with Crippen LogP contribution in [0.3, 0.4) is 0 Å². The zero-order valence-electron chi connectivity index (χ0n) is 22.0. The number of hydrogen-bond donors (Lipinski definition) is 1. The molecule has 2 aromatic carbocycles. The van der Waals surface area contributed by atoms with Crippen LogP contribution in [0.5, 0.6) is 0 Å². The smallest absolute Gasteiger partial charge is 0.337 e. The maximum absolute atomic E-state index is 13.6. The minimum absolute atomic E-state index is 0.0485. The van der Waals surface area contributed by atoms with Crippen molar-refractivity contribution in [3.63, 3.8) is 0 Å². The SMILES string of the molecule is COC(=O)c1ccc(Cn2c(=O)n(C[C@H]3CC[C@H](NC(=O)c4cc(Cl)cnc4C)CC3)c3ccccc32)cc1. The van der Waals surface area contributed by atoms with Gasteiger partial charge in [-0.1, -0.05) is 35.9 Å². The second kappa shape index (κ2) is 11.5. The molecule has 8 nitrogen and oxygen atoms in total. The van der Waals surface area contributed by atoms with Crippen molar-refractivity contribution in [2.45, 2.75) is 51.7 Å². The minimum atomic E-state index is -0.388. The van der Waals surface area contributed by atoms with Crippen molar-refractivity contribution in [3.8, 4) is 0 Å². The maximum atomic E-state index is 13.6. The van der Waals surface area contributed by atoms with Crippen molar-refractivity contribution in [2.75, 3.05) is 7.11 Å². The lowest BCUT2D eigenvalue weighted by Crippen LogP contribution is -2.39. The van der Waals surface area contributed by atoms with E-state index in [2.05, 4.69) is 10.3 Å². The first-order chi connectivity index (χ1) is 18.8. The molecule has 0 unspecified atom stereocenters. The van der Waals surface area contributed by atoms with Gasteiger partial charge in [0.25, 0.3) is 5.91 Å². The molecule has 0 atom stereocenters. The van der Waals surface area contributed by atoms with E-state index in [4.69, 9.17) is 16.3 Å². The highest BCUT2D eigenvalue weighted by Crippen LogP contribution is 2.27. The fourth-order valence-corrected chi connectivity index (χ4v) is 5.55. The van der Waals surface area contributed by atoms with Gasteiger partial charge in [-0.3, -0.25) is 18.9 Å². The molecule has 9 heteroatoms. The Morgan fingerprint density at radius 1 is 1.03 bits per heavy atom. The normalized spacial score (nSPS) is 17.2. The Hall–Kier alpha value is -3.91. The van der Waals surface area contributed by atoms with Crippen molar-refractivity contribution in [2.24, 2.45) is 5.92 Å². The summed E-state index contributed by atoms with van der Waals surface area (Å²) in [6, 6.07) is 16.7. The summed E-state index contributed by atoms with van der Waals surface area (Å²) >= 11 is 6.04. The zero-order chi connectivity index (χ0) is 27.5. The number of para-hydroxylation sites is 2. The molecule has 1 fully saturated rings. The summed E-state index contributed by atoms with van der Waals surface area (Å²) in [5, 5.41) is 3.58. The summed E-state index contributed by atoms with van der Waals surface area (Å²) in [6.07, 6.45) is 5.07. The predicted octanol–water partition coefficient (Wildman–Crippen LogP) is 4.98. The molecule has 1 aliphatic carbocycles. The van der Waals surface area contributed by atoms with E-state index < -0.39 is 0 Å². The molecule has 0 bridgehead atoms. The van der Waals surface area contributed by atoms with Crippen LogP contribution >= 0.6 is 11.6 Å². The van der Waals surface area contributed by atoms with Gasteiger partial charge >= 0.3 is 11.7 Å². The molecule has 1 aliphatic rings. The quantitative estimate of drug-likeness (QED) is 0.330. The highest BCUT2D eigenvalue weighted by atomic mass is 35.5. The van der Waals surface area contributed by atoms with Crippen LogP contribution in [0.15, 0.2) is 65.6 Å². The second-order valence-electron chi connectivity index (χ2n) is 10.1. The van der Waals surface area contributed by atoms with Gasteiger partial charge in [-0.15, -0.1) is 0 Å². The number of aryl methyl sites for hydroxylation is 1. The lowest BCUT2D eigenvalue weighted by Gasteiger charge is -2.29. The van der Waals surface area contributed by atoms with Gasteiger partial charge in [0.2, 0.25) is 0 Å². The van der Waals surface area contributed by atoms with Crippen LogP contribution in [0, 0.1) is 12.8 Å². The number of nitrogens with one attached hydrogen (secondary N) is 1. The van der Waals surface area contributed by atoms with E-state index in [1.54, 1.807) is 35.9 Å². The average molecular weight is 547 g/mol. The maximum Gasteiger partial charge on any atom is 0.337 e. The van der Waals surface area contributed by atoms with E-state index in [9.17, 15) is 14.4 Å². The van der Waals surface area contributed by atoms with Gasteiger partial charge in [0.05, 0.1) is 46.5 Å². The fraction of sp³-hybridized carbons (Fsp3) is 0.333. The molecule has 1 N–H and O–H groups in total. The molecule has 39 heavy (non-hydrogen) atoms. The summed E-state index contributed by atoms with van der Waals surface area (Å²) in [5.74, 6) is -0.199. The lowest BCUT2D eigenvalue weighted by atomic mass is 9.85. The third-order valence-corrected chi connectivity index (χ3v) is 7.77. The molecule has 202 valence electrons. The molecule has 0 aliphatic heterocycles. The second-order valence-corrected chi connectivity index (χ2v) is 10.6. The third-order valence-electron chi connectivity index (χ3n) is 7.56. The molecule has 5 rings (SSSR count). The van der Waals surface area contributed by atoms with Crippen LogP contribution in [0.4, 0.5) is 0 Å². The summed E-state index contributed by atoms with van der Waals surface area (Å²) in [7, 11) is 1.35. The molecule has 0 radical (unpaired) electrons. The molecule has 2 heterocycles. The van der Waals surface area contributed by atoms with Gasteiger partial charge in [-0.05, 0) is 74.4 Å². The van der Waals surface area contributed by atoms with Gasteiger partial charge in [0, 0.05) is 18.8 Å². The van der Waals surface area contributed by atoms with Crippen molar-refractivity contribution in [1.82, 2.24) is 19.4 Å². The third kappa shape index (κ3) is 5.76. The Morgan fingerprint density at radius 3 is 2.36 bits per heavy atom. The number of rotatable bonds is 7. The largest absolute Gasteiger partial charge is 0.465 e. The van der Waals surface area contributed by atoms with Crippen LogP contribution in [0.2, 0.25) is 5.02 Å². The van der Waals surface area contributed by atoms with Gasteiger partial charge < -0.3 is 10.1 Å². The zero-order valence-corrected chi connectivity index (χ0v) is 22.8. The summed E-state index contributed by atoms with van der Waals surface area (Å²) in [5.41, 5.74) is 4.30. The number of benzene rings is 2. The summed E-state index contributed by atoms with van der Waals surface area (Å²) in [4.78, 5) is 42.3. The van der Waals surface area contributed by atoms with E-state index in [0.717, 1.165) is 42.3 Å². The van der Waals surface area contributed by atoms with Crippen LogP contribution in [-0.4, -0.2) is 39.1 Å². The number of aromatic nitrogens is 3. The van der Waals surface area contributed by atoms with Gasteiger partial charge in [0.15, 0.2) is 0 Å². The number of fused-ring (bicyclic) bond motifs is 1. The van der Waals surface area contributed by atoms with Crippen LogP contribution < -0.4 is 11.0 Å². The van der Waals surface area contributed by atoms with Crippen molar-refractivity contribution in [3.05, 3.63) is 98.7 Å². The fourth-order valence-electron chi connectivity index (χ4n) is 5.40.